The van der Waals surface area contributed by atoms with Crippen molar-refractivity contribution >= 4 is 5.97 Å². The summed E-state index contributed by atoms with van der Waals surface area (Å²) in [5.41, 5.74) is 5.10. The van der Waals surface area contributed by atoms with E-state index in [4.69, 9.17) is 10.8 Å². The van der Waals surface area contributed by atoms with Gasteiger partial charge in [-0.3, -0.25) is 4.79 Å². The molecule has 0 aromatic heterocycles. The zero-order valence-electron chi connectivity index (χ0n) is 10.8. The molecule has 0 aromatic carbocycles. The van der Waals surface area contributed by atoms with Crippen molar-refractivity contribution < 1.29 is 18.7 Å². The van der Waals surface area contributed by atoms with Gasteiger partial charge >= 0.3 is 5.97 Å². The summed E-state index contributed by atoms with van der Waals surface area (Å²) in [6.45, 7) is 3.51. The van der Waals surface area contributed by atoms with Crippen LogP contribution in [0, 0.1) is 29.1 Å². The minimum atomic E-state index is -2.68. The standard InChI is InChI=1S/C13H21F2NO2/c1-7-3-4-9-11(13(7,14)15)8(2)12(9,6-16)5-10(17)18/h7-9,11H,3-6,16H2,1-2H3,(H,17,18)/t7-,8-,9?,11+,12+/m0/s1. The van der Waals surface area contributed by atoms with Gasteiger partial charge in [0, 0.05) is 11.8 Å². The molecule has 0 spiro atoms. The van der Waals surface area contributed by atoms with E-state index in [1.807, 2.05) is 0 Å². The van der Waals surface area contributed by atoms with E-state index < -0.39 is 29.1 Å². The molecule has 2 fully saturated rings. The maximum Gasteiger partial charge on any atom is 0.303 e. The van der Waals surface area contributed by atoms with Gasteiger partial charge in [0.1, 0.15) is 0 Å². The van der Waals surface area contributed by atoms with Crippen LogP contribution >= 0.6 is 0 Å². The third-order valence-corrected chi connectivity index (χ3v) is 5.49. The smallest absolute Gasteiger partial charge is 0.303 e. The molecule has 0 aromatic rings. The van der Waals surface area contributed by atoms with Gasteiger partial charge in [-0.15, -0.1) is 0 Å². The van der Waals surface area contributed by atoms with Crippen LogP contribution in [0.15, 0.2) is 0 Å². The largest absolute Gasteiger partial charge is 0.481 e. The molecule has 3 N–H and O–H groups in total. The number of nitrogens with two attached hydrogens (primary N) is 1. The first-order valence-corrected chi connectivity index (χ1v) is 6.57. The molecule has 5 heteroatoms. The van der Waals surface area contributed by atoms with Crippen LogP contribution in [-0.4, -0.2) is 23.5 Å². The number of rotatable bonds is 3. The molecule has 2 aliphatic rings. The Bertz CT molecular complexity index is 361. The zero-order valence-corrected chi connectivity index (χ0v) is 10.8. The van der Waals surface area contributed by atoms with Crippen molar-refractivity contribution in [1.29, 1.82) is 0 Å². The molecule has 0 heterocycles. The average molecular weight is 261 g/mol. The number of carboxylic acids is 1. The average Bonchev–Trinajstić information content (AvgIpc) is 2.28. The number of carboxylic acid groups (broad SMARTS) is 1. The second-order valence-corrected chi connectivity index (χ2v) is 6.08. The Labute approximate surface area is 106 Å². The second kappa shape index (κ2) is 4.15. The van der Waals surface area contributed by atoms with E-state index in [2.05, 4.69) is 0 Å². The van der Waals surface area contributed by atoms with Crippen LogP contribution in [0.2, 0.25) is 0 Å². The number of hydrogen-bond donors (Lipinski definition) is 2. The molecule has 0 saturated heterocycles. The molecule has 3 nitrogen and oxygen atoms in total. The third kappa shape index (κ3) is 1.59. The summed E-state index contributed by atoms with van der Waals surface area (Å²) in [6, 6.07) is 0. The van der Waals surface area contributed by atoms with Crippen molar-refractivity contribution in [3.8, 4) is 0 Å². The first-order valence-electron chi connectivity index (χ1n) is 6.57. The van der Waals surface area contributed by atoms with E-state index in [0.29, 0.717) is 12.8 Å². The van der Waals surface area contributed by atoms with E-state index >= 15 is 0 Å². The van der Waals surface area contributed by atoms with Crippen LogP contribution < -0.4 is 5.73 Å². The van der Waals surface area contributed by atoms with E-state index in [1.54, 1.807) is 13.8 Å². The summed E-state index contributed by atoms with van der Waals surface area (Å²) >= 11 is 0. The highest BCUT2D eigenvalue weighted by molar-refractivity contribution is 5.68. The first kappa shape index (κ1) is 13.7. The molecular weight excluding hydrogens is 240 g/mol. The van der Waals surface area contributed by atoms with Gasteiger partial charge in [-0.1, -0.05) is 13.8 Å². The Balaban J connectivity index is 2.27. The minimum absolute atomic E-state index is 0.0870. The van der Waals surface area contributed by atoms with E-state index in [1.165, 1.54) is 0 Å². The number of fused-ring (bicyclic) bond motifs is 1. The van der Waals surface area contributed by atoms with Crippen LogP contribution in [0.25, 0.3) is 0 Å². The molecule has 0 radical (unpaired) electrons. The number of aliphatic carboxylic acids is 1. The molecule has 104 valence electrons. The lowest BCUT2D eigenvalue weighted by atomic mass is 9.41. The SMILES string of the molecule is C[C@H]1CCC2[C@@H]([C@H](C)[C@]2(CN)CC(=O)O)C1(F)F. The lowest BCUT2D eigenvalue weighted by Crippen LogP contribution is -2.67. The van der Waals surface area contributed by atoms with E-state index in [0.717, 1.165) is 0 Å². The van der Waals surface area contributed by atoms with Gasteiger partial charge < -0.3 is 10.8 Å². The van der Waals surface area contributed by atoms with Crippen LogP contribution in [0.5, 0.6) is 0 Å². The molecule has 5 atom stereocenters. The quantitative estimate of drug-likeness (QED) is 0.819. The Morgan fingerprint density at radius 3 is 2.50 bits per heavy atom. The van der Waals surface area contributed by atoms with Crippen LogP contribution in [-0.2, 0) is 4.79 Å². The summed E-state index contributed by atoms with van der Waals surface area (Å²) < 4.78 is 28.3. The van der Waals surface area contributed by atoms with Crippen molar-refractivity contribution in [1.82, 2.24) is 0 Å². The maximum atomic E-state index is 14.2. The summed E-state index contributed by atoms with van der Waals surface area (Å²) in [5.74, 6) is -5.47. The van der Waals surface area contributed by atoms with Gasteiger partial charge in [0.2, 0.25) is 0 Å². The molecule has 2 rings (SSSR count). The number of halogens is 2. The van der Waals surface area contributed by atoms with Gasteiger partial charge in [0.05, 0.1) is 6.42 Å². The summed E-state index contributed by atoms with van der Waals surface area (Å²) in [6.07, 6.45) is 1.05. The second-order valence-electron chi connectivity index (χ2n) is 6.08. The molecule has 2 saturated carbocycles. The topological polar surface area (TPSA) is 63.3 Å². The van der Waals surface area contributed by atoms with Crippen LogP contribution in [0.4, 0.5) is 8.78 Å². The monoisotopic (exact) mass is 261 g/mol. The fourth-order valence-electron chi connectivity index (χ4n) is 4.28. The fourth-order valence-corrected chi connectivity index (χ4v) is 4.28. The number of hydrogen-bond acceptors (Lipinski definition) is 2. The molecule has 0 bridgehead atoms. The third-order valence-electron chi connectivity index (χ3n) is 5.49. The van der Waals surface area contributed by atoms with Crippen molar-refractivity contribution in [2.45, 2.75) is 39.0 Å². The Hall–Kier alpha value is -0.710. The summed E-state index contributed by atoms with van der Waals surface area (Å²) in [7, 11) is 0. The highest BCUT2D eigenvalue weighted by Crippen LogP contribution is 2.67. The molecule has 0 amide bonds. The molecule has 1 unspecified atom stereocenters. The lowest BCUT2D eigenvalue weighted by molar-refractivity contribution is -0.267. The molecule has 2 aliphatic carbocycles. The first-order chi connectivity index (χ1) is 8.27. The minimum Gasteiger partial charge on any atom is -0.481 e. The summed E-state index contributed by atoms with van der Waals surface area (Å²) in [4.78, 5) is 11.0. The van der Waals surface area contributed by atoms with Gasteiger partial charge in [-0.2, -0.15) is 0 Å². The maximum absolute atomic E-state index is 14.2. The van der Waals surface area contributed by atoms with Crippen molar-refractivity contribution in [3.63, 3.8) is 0 Å². The highest BCUT2D eigenvalue weighted by Gasteiger charge is 2.69. The Morgan fingerprint density at radius 2 is 2.00 bits per heavy atom. The lowest BCUT2D eigenvalue weighted by Gasteiger charge is -2.65. The van der Waals surface area contributed by atoms with Gasteiger partial charge in [-0.05, 0) is 36.6 Å². The predicted molar refractivity (Wildman–Crippen MR) is 63.2 cm³/mol. The molecule has 18 heavy (non-hydrogen) atoms. The van der Waals surface area contributed by atoms with E-state index in [-0.39, 0.29) is 24.8 Å². The summed E-state index contributed by atoms with van der Waals surface area (Å²) in [5, 5.41) is 8.99. The predicted octanol–water partition coefficient (Wildman–Crippen LogP) is 2.35. The Kier molecular flexibility index (Phi) is 3.16. The highest BCUT2D eigenvalue weighted by atomic mass is 19.3. The van der Waals surface area contributed by atoms with Gasteiger partial charge in [0.15, 0.2) is 0 Å². The number of alkyl halides is 2. The van der Waals surface area contributed by atoms with Crippen LogP contribution in [0.1, 0.15) is 33.1 Å². The number of carbonyl (C=O) groups is 1. The normalized spacial score (nSPS) is 46.1. The van der Waals surface area contributed by atoms with Gasteiger partial charge in [0.25, 0.3) is 5.92 Å². The Morgan fingerprint density at radius 1 is 1.39 bits per heavy atom. The fraction of sp³-hybridized carbons (Fsp3) is 0.923. The zero-order chi connectivity index (χ0) is 13.7. The van der Waals surface area contributed by atoms with E-state index in [9.17, 15) is 13.6 Å². The molecule has 0 aliphatic heterocycles. The van der Waals surface area contributed by atoms with Crippen molar-refractivity contribution in [2.24, 2.45) is 34.8 Å². The van der Waals surface area contributed by atoms with Crippen LogP contribution in [0.3, 0.4) is 0 Å². The van der Waals surface area contributed by atoms with Crippen molar-refractivity contribution in [3.05, 3.63) is 0 Å². The molecular formula is C13H21F2NO2. The van der Waals surface area contributed by atoms with Crippen molar-refractivity contribution in [2.75, 3.05) is 6.54 Å². The van der Waals surface area contributed by atoms with Gasteiger partial charge in [-0.25, -0.2) is 8.78 Å².